The number of nitrogens with one attached hydrogen (secondary N) is 1. The van der Waals surface area contributed by atoms with Crippen LogP contribution in [0.15, 0.2) is 69.8 Å². The second-order valence-corrected chi connectivity index (χ2v) is 9.48. The second-order valence-electron chi connectivity index (χ2n) is 6.27. The zero-order chi connectivity index (χ0) is 19.6. The molecule has 0 fully saturated rings. The van der Waals surface area contributed by atoms with E-state index in [1.165, 1.54) is 40.0 Å². The molecule has 0 atom stereocenters. The fraction of sp³-hybridized carbons (Fsp3) is 0.100. The number of anilines is 1. The summed E-state index contributed by atoms with van der Waals surface area (Å²) >= 11 is 4.57. The summed E-state index contributed by atoms with van der Waals surface area (Å²) in [5, 5.41) is 12.5. The van der Waals surface area contributed by atoms with Crippen LogP contribution in [0.3, 0.4) is 0 Å². The molecule has 0 aliphatic carbocycles. The lowest BCUT2D eigenvalue weighted by atomic mass is 10.2. The molecule has 3 aromatic heterocycles. The Morgan fingerprint density at radius 1 is 1.00 bits per heavy atom. The predicted molar refractivity (Wildman–Crippen MR) is 120 cm³/mol. The van der Waals surface area contributed by atoms with Gasteiger partial charge in [0.25, 0.3) is 5.56 Å². The maximum absolute atomic E-state index is 12.6. The van der Waals surface area contributed by atoms with Gasteiger partial charge in [0.2, 0.25) is 5.13 Å². The van der Waals surface area contributed by atoms with Crippen molar-refractivity contribution in [3.05, 3.63) is 82.3 Å². The van der Waals surface area contributed by atoms with Crippen LogP contribution in [-0.2, 0) is 12.3 Å². The molecule has 9 heteroatoms. The minimum absolute atomic E-state index is 0.0504. The molecule has 3 heterocycles. The van der Waals surface area contributed by atoms with Gasteiger partial charge in [0.05, 0.1) is 15.9 Å². The number of thiazole rings is 1. The SMILES string of the molecule is O=c1cc(CSc2nnc(NCc3ccccc3)s2)nc2sc3ccccc3n12. The molecule has 1 N–H and O–H groups in total. The van der Waals surface area contributed by atoms with E-state index in [0.717, 1.165) is 30.3 Å². The Labute approximate surface area is 178 Å². The molecule has 0 unspecified atom stereocenters. The normalized spacial score (nSPS) is 11.3. The molecule has 6 nitrogen and oxygen atoms in total. The fourth-order valence-corrected chi connectivity index (χ4v) is 5.64. The minimum Gasteiger partial charge on any atom is -0.356 e. The Morgan fingerprint density at radius 3 is 2.72 bits per heavy atom. The zero-order valence-corrected chi connectivity index (χ0v) is 17.6. The molecule has 0 aliphatic rings. The maximum atomic E-state index is 12.6. The fourth-order valence-electron chi connectivity index (χ4n) is 2.95. The van der Waals surface area contributed by atoms with E-state index < -0.39 is 0 Å². The summed E-state index contributed by atoms with van der Waals surface area (Å²) < 4.78 is 3.57. The predicted octanol–water partition coefficient (Wildman–Crippen LogP) is 4.67. The van der Waals surface area contributed by atoms with E-state index in [0.29, 0.717) is 12.3 Å². The number of aromatic nitrogens is 4. The van der Waals surface area contributed by atoms with Crippen molar-refractivity contribution < 1.29 is 0 Å². The van der Waals surface area contributed by atoms with Gasteiger partial charge in [0.1, 0.15) is 0 Å². The highest BCUT2D eigenvalue weighted by molar-refractivity contribution is 8.00. The molecule has 5 aromatic rings. The molecular weight excluding hydrogens is 422 g/mol. The largest absolute Gasteiger partial charge is 0.356 e. The van der Waals surface area contributed by atoms with Crippen LogP contribution in [0, 0.1) is 0 Å². The summed E-state index contributed by atoms with van der Waals surface area (Å²) in [4.78, 5) is 18.0. The molecule has 0 radical (unpaired) electrons. The molecule has 0 bridgehead atoms. The van der Waals surface area contributed by atoms with Crippen LogP contribution in [-0.4, -0.2) is 19.6 Å². The summed E-state index contributed by atoms with van der Waals surface area (Å²) in [5.74, 6) is 0.577. The number of hydrogen-bond acceptors (Lipinski definition) is 8. The van der Waals surface area contributed by atoms with Gasteiger partial charge in [-0.15, -0.1) is 10.2 Å². The highest BCUT2D eigenvalue weighted by Crippen LogP contribution is 2.29. The third kappa shape index (κ3) is 3.89. The summed E-state index contributed by atoms with van der Waals surface area (Å²) in [6.07, 6.45) is 0. The average molecular weight is 438 g/mol. The van der Waals surface area contributed by atoms with Gasteiger partial charge in [-0.3, -0.25) is 9.20 Å². The molecule has 0 amide bonds. The molecule has 0 saturated carbocycles. The van der Waals surface area contributed by atoms with Crippen LogP contribution < -0.4 is 10.9 Å². The third-order valence-electron chi connectivity index (χ3n) is 4.28. The Hall–Kier alpha value is -2.75. The van der Waals surface area contributed by atoms with Gasteiger partial charge in [-0.05, 0) is 17.7 Å². The van der Waals surface area contributed by atoms with E-state index in [9.17, 15) is 4.79 Å². The van der Waals surface area contributed by atoms with Gasteiger partial charge in [-0.25, -0.2) is 4.98 Å². The lowest BCUT2D eigenvalue weighted by Gasteiger charge is -2.01. The number of rotatable bonds is 6. The first kappa shape index (κ1) is 18.3. The summed E-state index contributed by atoms with van der Waals surface area (Å²) in [5.41, 5.74) is 2.80. The Balaban J connectivity index is 1.29. The van der Waals surface area contributed by atoms with Crippen molar-refractivity contribution in [2.45, 2.75) is 16.6 Å². The second kappa shape index (κ2) is 7.94. The lowest BCUT2D eigenvalue weighted by molar-refractivity contribution is 0.993. The van der Waals surface area contributed by atoms with Gasteiger partial charge < -0.3 is 5.32 Å². The van der Waals surface area contributed by atoms with Gasteiger partial charge in [0.15, 0.2) is 9.30 Å². The van der Waals surface area contributed by atoms with E-state index in [2.05, 4.69) is 32.6 Å². The number of para-hydroxylation sites is 1. The van der Waals surface area contributed by atoms with E-state index in [1.807, 2.05) is 42.5 Å². The Morgan fingerprint density at radius 2 is 1.83 bits per heavy atom. The van der Waals surface area contributed by atoms with Gasteiger partial charge >= 0.3 is 0 Å². The molecule has 0 aliphatic heterocycles. The van der Waals surface area contributed by atoms with E-state index in [4.69, 9.17) is 0 Å². The van der Waals surface area contributed by atoms with Crippen LogP contribution in [0.2, 0.25) is 0 Å². The molecule has 5 rings (SSSR count). The summed E-state index contributed by atoms with van der Waals surface area (Å²) in [7, 11) is 0. The molecule has 0 saturated heterocycles. The van der Waals surface area contributed by atoms with Crippen molar-refractivity contribution in [2.24, 2.45) is 0 Å². The first-order valence-electron chi connectivity index (χ1n) is 8.90. The van der Waals surface area contributed by atoms with Crippen molar-refractivity contribution in [3.8, 4) is 0 Å². The van der Waals surface area contributed by atoms with Crippen molar-refractivity contribution in [2.75, 3.05) is 5.32 Å². The smallest absolute Gasteiger partial charge is 0.259 e. The molecule has 29 heavy (non-hydrogen) atoms. The number of thioether (sulfide) groups is 1. The minimum atomic E-state index is -0.0504. The van der Waals surface area contributed by atoms with Crippen LogP contribution in [0.25, 0.3) is 15.2 Å². The van der Waals surface area contributed by atoms with E-state index >= 15 is 0 Å². The van der Waals surface area contributed by atoms with E-state index in [-0.39, 0.29) is 5.56 Å². The van der Waals surface area contributed by atoms with Gasteiger partial charge in [0, 0.05) is 18.4 Å². The Bertz CT molecular complexity index is 1340. The number of fused-ring (bicyclic) bond motifs is 3. The number of nitrogens with zero attached hydrogens (tertiary/aromatic N) is 4. The standard InChI is InChI=1S/C20H15N5OS3/c26-17-10-14(22-19-25(17)15-8-4-5-9-16(15)28-19)12-27-20-24-23-18(29-20)21-11-13-6-2-1-3-7-13/h1-10H,11-12H2,(H,21,23). The van der Waals surface area contributed by atoms with Crippen LogP contribution in [0.1, 0.15) is 11.3 Å². The monoisotopic (exact) mass is 437 g/mol. The first-order valence-corrected chi connectivity index (χ1v) is 11.5. The van der Waals surface area contributed by atoms with Crippen LogP contribution in [0.4, 0.5) is 5.13 Å². The molecule has 144 valence electrons. The molecular formula is C20H15N5OS3. The van der Waals surface area contributed by atoms with Crippen molar-refractivity contribution in [1.29, 1.82) is 0 Å². The van der Waals surface area contributed by atoms with Crippen molar-refractivity contribution in [1.82, 2.24) is 19.6 Å². The highest BCUT2D eigenvalue weighted by Gasteiger charge is 2.11. The van der Waals surface area contributed by atoms with Crippen molar-refractivity contribution in [3.63, 3.8) is 0 Å². The van der Waals surface area contributed by atoms with Gasteiger partial charge in [-0.2, -0.15) is 0 Å². The highest BCUT2D eigenvalue weighted by atomic mass is 32.2. The van der Waals surface area contributed by atoms with E-state index in [1.54, 1.807) is 10.5 Å². The van der Waals surface area contributed by atoms with Crippen LogP contribution in [0.5, 0.6) is 0 Å². The Kier molecular flexibility index (Phi) is 5.01. The van der Waals surface area contributed by atoms with Gasteiger partial charge in [-0.1, -0.05) is 76.9 Å². The summed E-state index contributed by atoms with van der Waals surface area (Å²) in [6, 6.07) is 19.6. The molecule has 0 spiro atoms. The lowest BCUT2D eigenvalue weighted by Crippen LogP contribution is -2.13. The van der Waals surface area contributed by atoms with Crippen molar-refractivity contribution >= 4 is 54.7 Å². The zero-order valence-electron chi connectivity index (χ0n) is 15.1. The molecule has 2 aromatic carbocycles. The topological polar surface area (TPSA) is 72.2 Å². The van der Waals surface area contributed by atoms with Crippen LogP contribution >= 0.6 is 34.4 Å². The number of benzene rings is 2. The summed E-state index contributed by atoms with van der Waals surface area (Å²) in [6.45, 7) is 0.709. The maximum Gasteiger partial charge on any atom is 0.259 e. The third-order valence-corrected chi connectivity index (χ3v) is 7.35. The quantitative estimate of drug-likeness (QED) is 0.389. The average Bonchev–Trinajstić information content (AvgIpc) is 3.35. The number of hydrogen-bond donors (Lipinski definition) is 1. The first-order chi connectivity index (χ1) is 14.3.